The molecule has 4 heteroatoms. The second kappa shape index (κ2) is 5.14. The van der Waals surface area contributed by atoms with E-state index in [1.54, 1.807) is 0 Å². The van der Waals surface area contributed by atoms with E-state index in [0.29, 0.717) is 0 Å². The number of carbonyl (C=O) groups is 1. The van der Waals surface area contributed by atoms with Crippen molar-refractivity contribution >= 4 is 17.9 Å². The highest BCUT2D eigenvalue weighted by molar-refractivity contribution is 6.16. The molecule has 2 fully saturated rings. The Morgan fingerprint density at radius 1 is 1.00 bits per heavy atom. The quantitative estimate of drug-likeness (QED) is 0.837. The van der Waals surface area contributed by atoms with Crippen molar-refractivity contribution in [2.75, 3.05) is 7.05 Å². The molecule has 2 bridgehead atoms. The number of hydrogen-bond donors (Lipinski definition) is 2. The largest absolute Gasteiger partial charge is 0.362 e. The topological polar surface area (TPSA) is 51.9 Å². The Kier molecular flexibility index (Phi) is 3.12. The van der Waals surface area contributed by atoms with Crippen LogP contribution in [0.3, 0.4) is 0 Å². The predicted molar refractivity (Wildman–Crippen MR) is 87.1 cm³/mol. The van der Waals surface area contributed by atoms with Gasteiger partial charge >= 0.3 is 0 Å². The molecule has 22 heavy (non-hydrogen) atoms. The average Bonchev–Trinajstić information content (AvgIpc) is 3.22. The van der Waals surface area contributed by atoms with E-state index >= 15 is 0 Å². The first-order chi connectivity index (χ1) is 10.7. The van der Waals surface area contributed by atoms with Crippen molar-refractivity contribution in [1.29, 1.82) is 0 Å². The molecule has 2 aliphatic heterocycles. The Bertz CT molecular complexity index is 675. The Labute approximate surface area is 129 Å². The number of nitrogens with zero attached hydrogens (tertiary/aromatic N) is 1. The van der Waals surface area contributed by atoms with Crippen LogP contribution < -0.4 is 0 Å². The van der Waals surface area contributed by atoms with E-state index < -0.39 is 0 Å². The van der Waals surface area contributed by atoms with Crippen LogP contribution in [0.25, 0.3) is 12.2 Å². The zero-order valence-corrected chi connectivity index (χ0v) is 12.5. The van der Waals surface area contributed by atoms with Crippen LogP contribution in [0, 0.1) is 0 Å². The third-order valence-electron chi connectivity index (χ3n) is 4.81. The molecule has 112 valence electrons. The van der Waals surface area contributed by atoms with Gasteiger partial charge in [0.1, 0.15) is 0 Å². The molecule has 2 aromatic heterocycles. The molecule has 0 aromatic carbocycles. The van der Waals surface area contributed by atoms with Crippen LogP contribution in [0.15, 0.2) is 47.8 Å². The van der Waals surface area contributed by atoms with Gasteiger partial charge in [0.25, 0.3) is 0 Å². The number of hydrogen-bond acceptors (Lipinski definition) is 2. The fourth-order valence-corrected chi connectivity index (χ4v) is 3.69. The van der Waals surface area contributed by atoms with E-state index in [-0.39, 0.29) is 17.9 Å². The first-order valence-corrected chi connectivity index (χ1v) is 7.70. The Morgan fingerprint density at radius 3 is 1.91 bits per heavy atom. The number of likely N-dealkylation sites (N-methyl/N-ethyl adjacent to an activating group) is 1. The highest BCUT2D eigenvalue weighted by atomic mass is 16.1. The van der Waals surface area contributed by atoms with Crippen molar-refractivity contribution in [2.45, 2.75) is 24.9 Å². The lowest BCUT2D eigenvalue weighted by Crippen LogP contribution is -2.43. The standard InChI is InChI=1S/C18H19N3O/c1-21-16-6-7-17(21)15(11-13-5-3-9-20-13)18(22)14(16)10-12-4-2-8-19-12/h2-5,8-11,16-17,19-20H,6-7H2,1H3/b14-10-,15-11+. The number of aromatic amines is 2. The average molecular weight is 293 g/mol. The maximum Gasteiger partial charge on any atom is 0.188 e. The molecule has 0 saturated carbocycles. The molecular weight excluding hydrogens is 274 g/mol. The van der Waals surface area contributed by atoms with Crippen LogP contribution >= 0.6 is 0 Å². The minimum atomic E-state index is 0.190. The van der Waals surface area contributed by atoms with Gasteiger partial charge < -0.3 is 9.97 Å². The fraction of sp³-hybridized carbons (Fsp3) is 0.278. The van der Waals surface area contributed by atoms with E-state index in [2.05, 4.69) is 21.9 Å². The van der Waals surface area contributed by atoms with Gasteiger partial charge in [-0.1, -0.05) is 0 Å². The SMILES string of the molecule is CN1C2CCC1/C(=C\c1ccc[nH]1)C(=O)/C2=C\c1ccc[nH]1. The van der Waals surface area contributed by atoms with Gasteiger partial charge in [-0.2, -0.15) is 0 Å². The zero-order chi connectivity index (χ0) is 15.1. The minimum absolute atomic E-state index is 0.190. The van der Waals surface area contributed by atoms with E-state index in [1.165, 1.54) is 0 Å². The van der Waals surface area contributed by atoms with Crippen LogP contribution in [0.4, 0.5) is 0 Å². The summed E-state index contributed by atoms with van der Waals surface area (Å²) in [6.45, 7) is 0. The number of Topliss-reactive ketones (excluding diaryl/α,β-unsaturated/α-hetero) is 1. The second-order valence-electron chi connectivity index (χ2n) is 6.05. The molecule has 0 radical (unpaired) electrons. The Hall–Kier alpha value is -2.33. The van der Waals surface area contributed by atoms with Gasteiger partial charge in [0.05, 0.1) is 0 Å². The van der Waals surface area contributed by atoms with Crippen LogP contribution in [-0.4, -0.2) is 39.8 Å². The van der Waals surface area contributed by atoms with E-state index in [4.69, 9.17) is 0 Å². The van der Waals surface area contributed by atoms with Gasteiger partial charge in [-0.15, -0.1) is 0 Å². The monoisotopic (exact) mass is 293 g/mol. The summed E-state index contributed by atoms with van der Waals surface area (Å²) < 4.78 is 0. The van der Waals surface area contributed by atoms with Crippen molar-refractivity contribution in [2.24, 2.45) is 0 Å². The Morgan fingerprint density at radius 2 is 1.50 bits per heavy atom. The molecular formula is C18H19N3O. The number of carbonyl (C=O) groups excluding carboxylic acids is 1. The summed E-state index contributed by atoms with van der Waals surface area (Å²) in [5.41, 5.74) is 3.77. The summed E-state index contributed by atoms with van der Waals surface area (Å²) in [5, 5.41) is 0. The molecule has 0 spiro atoms. The highest BCUT2D eigenvalue weighted by Crippen LogP contribution is 2.40. The van der Waals surface area contributed by atoms with E-state index in [9.17, 15) is 4.79 Å². The van der Waals surface area contributed by atoms with E-state index in [1.807, 2.05) is 48.8 Å². The third kappa shape index (κ3) is 2.07. The Balaban J connectivity index is 1.79. The van der Waals surface area contributed by atoms with Crippen LogP contribution in [0.5, 0.6) is 0 Å². The summed E-state index contributed by atoms with van der Waals surface area (Å²) in [4.78, 5) is 21.7. The van der Waals surface area contributed by atoms with Gasteiger partial charge in [-0.25, -0.2) is 0 Å². The number of piperidine rings is 1. The van der Waals surface area contributed by atoms with E-state index in [0.717, 1.165) is 35.4 Å². The number of H-pyrrole nitrogens is 2. The maximum atomic E-state index is 13.0. The lowest BCUT2D eigenvalue weighted by atomic mass is 9.89. The fourth-order valence-electron chi connectivity index (χ4n) is 3.69. The molecule has 2 N–H and O–H groups in total. The molecule has 0 amide bonds. The first-order valence-electron chi connectivity index (χ1n) is 7.70. The van der Waals surface area contributed by atoms with Crippen molar-refractivity contribution in [3.63, 3.8) is 0 Å². The number of ketones is 1. The van der Waals surface area contributed by atoms with Gasteiger partial charge in [-0.3, -0.25) is 9.69 Å². The maximum absolute atomic E-state index is 13.0. The lowest BCUT2D eigenvalue weighted by molar-refractivity contribution is -0.114. The number of nitrogens with one attached hydrogen (secondary N) is 2. The van der Waals surface area contributed by atoms with Crippen molar-refractivity contribution in [1.82, 2.24) is 14.9 Å². The summed E-state index contributed by atoms with van der Waals surface area (Å²) in [5.74, 6) is 0.190. The third-order valence-corrected chi connectivity index (χ3v) is 4.81. The van der Waals surface area contributed by atoms with Gasteiger partial charge in [0.15, 0.2) is 5.78 Å². The highest BCUT2D eigenvalue weighted by Gasteiger charge is 2.44. The van der Waals surface area contributed by atoms with Crippen molar-refractivity contribution in [3.8, 4) is 0 Å². The normalized spacial score (nSPS) is 28.9. The van der Waals surface area contributed by atoms with Crippen LogP contribution in [-0.2, 0) is 4.79 Å². The number of rotatable bonds is 2. The molecule has 2 saturated heterocycles. The molecule has 2 atom stereocenters. The smallest absolute Gasteiger partial charge is 0.188 e. The molecule has 2 unspecified atom stereocenters. The first kappa shape index (κ1) is 13.3. The predicted octanol–water partition coefficient (Wildman–Crippen LogP) is 2.86. The number of aromatic nitrogens is 2. The number of fused-ring (bicyclic) bond motifs is 2. The summed E-state index contributed by atoms with van der Waals surface area (Å²) in [6.07, 6.45) is 9.87. The molecule has 4 rings (SSSR count). The lowest BCUT2D eigenvalue weighted by Gasteiger charge is -2.34. The zero-order valence-electron chi connectivity index (χ0n) is 12.5. The summed E-state index contributed by atoms with van der Waals surface area (Å²) in [6, 6.07) is 8.38. The van der Waals surface area contributed by atoms with Crippen molar-refractivity contribution < 1.29 is 4.79 Å². The second-order valence-corrected chi connectivity index (χ2v) is 6.05. The molecule has 4 heterocycles. The summed E-state index contributed by atoms with van der Waals surface area (Å²) >= 11 is 0. The van der Waals surface area contributed by atoms with Gasteiger partial charge in [0, 0.05) is 47.0 Å². The van der Waals surface area contributed by atoms with Crippen LogP contribution in [0.1, 0.15) is 24.2 Å². The molecule has 2 aromatic rings. The molecule has 2 aliphatic rings. The van der Waals surface area contributed by atoms with Gasteiger partial charge in [0.2, 0.25) is 0 Å². The molecule has 4 nitrogen and oxygen atoms in total. The van der Waals surface area contributed by atoms with Gasteiger partial charge in [-0.05, 0) is 56.3 Å². The van der Waals surface area contributed by atoms with Crippen LogP contribution in [0.2, 0.25) is 0 Å². The summed E-state index contributed by atoms with van der Waals surface area (Å²) in [7, 11) is 2.12. The van der Waals surface area contributed by atoms with Crippen molar-refractivity contribution in [3.05, 3.63) is 59.2 Å². The minimum Gasteiger partial charge on any atom is -0.362 e. The molecule has 0 aliphatic carbocycles.